The zero-order valence-corrected chi connectivity index (χ0v) is 12.8. The zero-order chi connectivity index (χ0) is 13.9. The van der Waals surface area contributed by atoms with Gasteiger partial charge in [-0.1, -0.05) is 32.1 Å². The van der Waals surface area contributed by atoms with Gasteiger partial charge in [0.25, 0.3) is 0 Å². The molecule has 2 saturated carbocycles. The number of hydrogen-bond donors (Lipinski definition) is 2. The van der Waals surface area contributed by atoms with Crippen molar-refractivity contribution in [2.45, 2.75) is 82.3 Å². The summed E-state index contributed by atoms with van der Waals surface area (Å²) in [4.78, 5) is 0. The van der Waals surface area contributed by atoms with E-state index in [4.69, 9.17) is 4.74 Å². The Kier molecular flexibility index (Phi) is 4.68. The molecule has 0 aromatic carbocycles. The Bertz CT molecular complexity index is 301. The van der Waals surface area contributed by atoms with Gasteiger partial charge in [-0.2, -0.15) is 0 Å². The fraction of sp³-hybridized carbons (Fsp3) is 1.00. The van der Waals surface area contributed by atoms with E-state index < -0.39 is 0 Å². The van der Waals surface area contributed by atoms with Crippen LogP contribution in [0.5, 0.6) is 0 Å². The minimum Gasteiger partial charge on any atom is -0.396 e. The first kappa shape index (κ1) is 14.8. The van der Waals surface area contributed by atoms with Crippen molar-refractivity contribution >= 4 is 0 Å². The van der Waals surface area contributed by atoms with Gasteiger partial charge in [-0.15, -0.1) is 0 Å². The van der Waals surface area contributed by atoms with Crippen molar-refractivity contribution in [3.05, 3.63) is 0 Å². The van der Waals surface area contributed by atoms with Crippen LogP contribution in [0.4, 0.5) is 0 Å². The number of hydrogen-bond acceptors (Lipinski definition) is 3. The third-order valence-electron chi connectivity index (χ3n) is 6.02. The van der Waals surface area contributed by atoms with Crippen LogP contribution < -0.4 is 5.32 Å². The SMILES string of the molecule is OCC1(CNC2CCOC3(CCCCC3)C2)CCCC1. The second-order valence-electron chi connectivity index (χ2n) is 7.53. The molecule has 1 heterocycles. The highest BCUT2D eigenvalue weighted by molar-refractivity contribution is 4.94. The lowest BCUT2D eigenvalue weighted by Crippen LogP contribution is -2.50. The molecule has 1 unspecified atom stereocenters. The van der Waals surface area contributed by atoms with Crippen molar-refractivity contribution in [2.24, 2.45) is 5.41 Å². The van der Waals surface area contributed by atoms with Crippen molar-refractivity contribution in [2.75, 3.05) is 19.8 Å². The molecule has 3 heteroatoms. The summed E-state index contributed by atoms with van der Waals surface area (Å²) in [5.41, 5.74) is 0.369. The van der Waals surface area contributed by atoms with Crippen LogP contribution in [-0.2, 0) is 4.74 Å². The normalized spacial score (nSPS) is 32.5. The lowest BCUT2D eigenvalue weighted by Gasteiger charge is -2.44. The summed E-state index contributed by atoms with van der Waals surface area (Å²) in [7, 11) is 0. The highest BCUT2D eigenvalue weighted by Gasteiger charge is 2.39. The van der Waals surface area contributed by atoms with Crippen molar-refractivity contribution in [1.29, 1.82) is 0 Å². The van der Waals surface area contributed by atoms with Crippen molar-refractivity contribution in [3.63, 3.8) is 0 Å². The van der Waals surface area contributed by atoms with Gasteiger partial charge in [0.15, 0.2) is 0 Å². The van der Waals surface area contributed by atoms with E-state index >= 15 is 0 Å². The maximum absolute atomic E-state index is 9.72. The number of ether oxygens (including phenoxy) is 1. The molecule has 3 rings (SSSR count). The molecule has 1 aliphatic heterocycles. The Balaban J connectivity index is 1.52. The topological polar surface area (TPSA) is 41.5 Å². The average Bonchev–Trinajstić information content (AvgIpc) is 2.96. The van der Waals surface area contributed by atoms with E-state index in [0.29, 0.717) is 12.6 Å². The Labute approximate surface area is 123 Å². The molecular formula is C17H31NO2. The summed E-state index contributed by atoms with van der Waals surface area (Å²) in [6.07, 6.45) is 13.9. The van der Waals surface area contributed by atoms with Gasteiger partial charge in [0.2, 0.25) is 0 Å². The third kappa shape index (κ3) is 3.20. The lowest BCUT2D eigenvalue weighted by atomic mass is 9.78. The molecular weight excluding hydrogens is 250 g/mol. The molecule has 1 spiro atoms. The molecule has 0 aromatic heterocycles. The minimum absolute atomic E-state index is 0.179. The van der Waals surface area contributed by atoms with Gasteiger partial charge >= 0.3 is 0 Å². The van der Waals surface area contributed by atoms with Crippen LogP contribution >= 0.6 is 0 Å². The van der Waals surface area contributed by atoms with E-state index in [1.807, 2.05) is 0 Å². The second-order valence-corrected chi connectivity index (χ2v) is 7.53. The summed E-state index contributed by atoms with van der Waals surface area (Å²) < 4.78 is 6.17. The first-order chi connectivity index (χ1) is 9.76. The number of aliphatic hydroxyl groups is 1. The highest BCUT2D eigenvalue weighted by atomic mass is 16.5. The fourth-order valence-corrected chi connectivity index (χ4v) is 4.62. The molecule has 3 fully saturated rings. The lowest BCUT2D eigenvalue weighted by molar-refractivity contribution is -0.110. The first-order valence-corrected chi connectivity index (χ1v) is 8.74. The third-order valence-corrected chi connectivity index (χ3v) is 6.02. The average molecular weight is 281 g/mol. The number of nitrogens with one attached hydrogen (secondary N) is 1. The van der Waals surface area contributed by atoms with Crippen LogP contribution in [0.3, 0.4) is 0 Å². The Morgan fingerprint density at radius 1 is 1.00 bits per heavy atom. The number of rotatable bonds is 4. The van der Waals surface area contributed by atoms with Crippen LogP contribution in [0.1, 0.15) is 70.6 Å². The Hall–Kier alpha value is -0.120. The van der Waals surface area contributed by atoms with Crippen LogP contribution in [0.25, 0.3) is 0 Å². The highest BCUT2D eigenvalue weighted by Crippen LogP contribution is 2.40. The quantitative estimate of drug-likeness (QED) is 0.832. The van der Waals surface area contributed by atoms with Crippen LogP contribution in [0, 0.1) is 5.41 Å². The van der Waals surface area contributed by atoms with E-state index in [1.54, 1.807) is 0 Å². The predicted octanol–water partition coefficient (Wildman–Crippen LogP) is 3.01. The molecule has 0 radical (unpaired) electrons. The summed E-state index contributed by atoms with van der Waals surface area (Å²) in [5.74, 6) is 0. The maximum atomic E-state index is 9.72. The Morgan fingerprint density at radius 3 is 2.40 bits per heavy atom. The summed E-state index contributed by atoms with van der Waals surface area (Å²) in [5, 5.41) is 13.5. The molecule has 1 atom stereocenters. The van der Waals surface area contributed by atoms with Crippen LogP contribution in [-0.4, -0.2) is 36.5 Å². The molecule has 1 saturated heterocycles. The van der Waals surface area contributed by atoms with Gasteiger partial charge in [0.05, 0.1) is 5.60 Å². The summed E-state index contributed by atoms with van der Waals surface area (Å²) in [6, 6.07) is 0.603. The fourth-order valence-electron chi connectivity index (χ4n) is 4.62. The van der Waals surface area contributed by atoms with E-state index in [9.17, 15) is 5.11 Å². The molecule has 0 bridgehead atoms. The van der Waals surface area contributed by atoms with Gasteiger partial charge in [-0.3, -0.25) is 0 Å². The van der Waals surface area contributed by atoms with Crippen molar-refractivity contribution < 1.29 is 9.84 Å². The zero-order valence-electron chi connectivity index (χ0n) is 12.8. The van der Waals surface area contributed by atoms with E-state index in [-0.39, 0.29) is 11.0 Å². The van der Waals surface area contributed by atoms with Gasteiger partial charge in [0, 0.05) is 31.2 Å². The van der Waals surface area contributed by atoms with Gasteiger partial charge in [0.1, 0.15) is 0 Å². The monoisotopic (exact) mass is 281 g/mol. The first-order valence-electron chi connectivity index (χ1n) is 8.74. The van der Waals surface area contributed by atoms with Gasteiger partial charge in [-0.25, -0.2) is 0 Å². The molecule has 2 N–H and O–H groups in total. The second kappa shape index (κ2) is 6.33. The van der Waals surface area contributed by atoms with E-state index in [1.165, 1.54) is 64.2 Å². The summed E-state index contributed by atoms with van der Waals surface area (Å²) >= 11 is 0. The van der Waals surface area contributed by atoms with E-state index in [2.05, 4.69) is 5.32 Å². The van der Waals surface area contributed by atoms with Crippen LogP contribution in [0.2, 0.25) is 0 Å². The van der Waals surface area contributed by atoms with Crippen molar-refractivity contribution in [3.8, 4) is 0 Å². The smallest absolute Gasteiger partial charge is 0.0697 e. The molecule has 3 nitrogen and oxygen atoms in total. The Morgan fingerprint density at radius 2 is 1.70 bits per heavy atom. The molecule has 0 amide bonds. The molecule has 2 aliphatic carbocycles. The van der Waals surface area contributed by atoms with Crippen LogP contribution in [0.15, 0.2) is 0 Å². The molecule has 0 aromatic rings. The van der Waals surface area contributed by atoms with E-state index in [0.717, 1.165) is 19.6 Å². The predicted molar refractivity (Wildman–Crippen MR) is 80.8 cm³/mol. The molecule has 20 heavy (non-hydrogen) atoms. The standard InChI is InChI=1S/C17H31NO2/c19-14-16(7-4-5-8-16)13-18-15-6-11-20-17(12-15)9-2-1-3-10-17/h15,18-19H,1-14H2. The summed E-state index contributed by atoms with van der Waals surface area (Å²) in [6.45, 7) is 2.28. The largest absolute Gasteiger partial charge is 0.396 e. The molecule has 116 valence electrons. The minimum atomic E-state index is 0.179. The number of aliphatic hydroxyl groups excluding tert-OH is 1. The van der Waals surface area contributed by atoms with Gasteiger partial charge < -0.3 is 15.2 Å². The van der Waals surface area contributed by atoms with Crippen molar-refractivity contribution in [1.82, 2.24) is 5.32 Å². The van der Waals surface area contributed by atoms with Gasteiger partial charge in [-0.05, 0) is 38.5 Å². The molecule has 3 aliphatic rings. The maximum Gasteiger partial charge on any atom is 0.0697 e.